The number of rotatable bonds is 4. The first-order valence-electron chi connectivity index (χ1n) is 4.00. The number of nitrogens with zero attached hydrogens (tertiary/aromatic N) is 2. The molecule has 1 rings (SSSR count). The molecule has 0 saturated carbocycles. The van der Waals surface area contributed by atoms with Crippen LogP contribution in [-0.2, 0) is 4.79 Å². The van der Waals surface area contributed by atoms with E-state index >= 15 is 0 Å². The van der Waals surface area contributed by atoms with E-state index < -0.39 is 0 Å². The van der Waals surface area contributed by atoms with Gasteiger partial charge in [0.2, 0.25) is 5.91 Å². The van der Waals surface area contributed by atoms with Gasteiger partial charge in [0, 0.05) is 19.2 Å². The topological polar surface area (TPSA) is 80.9 Å². The summed E-state index contributed by atoms with van der Waals surface area (Å²) in [7, 11) is 0. The van der Waals surface area contributed by atoms with Gasteiger partial charge in [-0.25, -0.2) is 9.97 Å². The first-order chi connectivity index (χ1) is 6.18. The maximum Gasteiger partial charge on any atom is 0.219 e. The molecule has 70 valence electrons. The van der Waals surface area contributed by atoms with Crippen molar-refractivity contribution in [1.82, 2.24) is 9.97 Å². The number of amides is 1. The Labute approximate surface area is 76.4 Å². The van der Waals surface area contributed by atoms with Gasteiger partial charge in [-0.2, -0.15) is 0 Å². The Morgan fingerprint density at radius 3 is 3.08 bits per heavy atom. The van der Waals surface area contributed by atoms with Gasteiger partial charge in [-0.3, -0.25) is 4.79 Å². The van der Waals surface area contributed by atoms with Gasteiger partial charge >= 0.3 is 0 Å². The van der Waals surface area contributed by atoms with E-state index in [-0.39, 0.29) is 5.91 Å². The number of primary amides is 1. The van der Waals surface area contributed by atoms with Gasteiger partial charge in [0.1, 0.15) is 11.6 Å². The van der Waals surface area contributed by atoms with E-state index in [4.69, 9.17) is 5.73 Å². The molecule has 0 saturated heterocycles. The Morgan fingerprint density at radius 1 is 1.69 bits per heavy atom. The third-order valence-electron chi connectivity index (χ3n) is 1.45. The second-order valence-electron chi connectivity index (χ2n) is 2.63. The van der Waals surface area contributed by atoms with Crippen molar-refractivity contribution in [3.8, 4) is 0 Å². The van der Waals surface area contributed by atoms with Crippen molar-refractivity contribution >= 4 is 11.7 Å². The number of carbonyl (C=O) groups excluding carboxylic acids is 1. The summed E-state index contributed by atoms with van der Waals surface area (Å²) in [6.07, 6.45) is 1.97. The molecule has 0 aliphatic rings. The lowest BCUT2D eigenvalue weighted by Gasteiger charge is -2.03. The number of hydrogen-bond donors (Lipinski definition) is 2. The fraction of sp³-hybridized carbons (Fsp3) is 0.375. The zero-order valence-electron chi connectivity index (χ0n) is 7.45. The van der Waals surface area contributed by atoms with Crippen molar-refractivity contribution in [3.05, 3.63) is 18.1 Å². The van der Waals surface area contributed by atoms with E-state index in [0.717, 1.165) is 0 Å². The van der Waals surface area contributed by atoms with E-state index in [0.29, 0.717) is 24.6 Å². The van der Waals surface area contributed by atoms with Crippen LogP contribution in [0.2, 0.25) is 0 Å². The first kappa shape index (κ1) is 9.44. The van der Waals surface area contributed by atoms with Gasteiger partial charge < -0.3 is 11.1 Å². The summed E-state index contributed by atoms with van der Waals surface area (Å²) in [5.74, 6) is 1.09. The highest BCUT2D eigenvalue weighted by Gasteiger charge is 1.96. The Kier molecular flexibility index (Phi) is 3.19. The monoisotopic (exact) mass is 180 g/mol. The van der Waals surface area contributed by atoms with Crippen LogP contribution in [0, 0.1) is 6.92 Å². The van der Waals surface area contributed by atoms with Gasteiger partial charge in [-0.15, -0.1) is 0 Å². The van der Waals surface area contributed by atoms with Crippen LogP contribution in [0.15, 0.2) is 12.3 Å². The molecule has 0 aromatic carbocycles. The summed E-state index contributed by atoms with van der Waals surface area (Å²) in [5.41, 5.74) is 4.97. The molecular formula is C8H12N4O. The first-order valence-corrected chi connectivity index (χ1v) is 4.00. The lowest BCUT2D eigenvalue weighted by molar-refractivity contribution is -0.117. The Hall–Kier alpha value is -1.65. The number of carbonyl (C=O) groups is 1. The molecule has 0 aliphatic carbocycles. The van der Waals surface area contributed by atoms with Crippen molar-refractivity contribution in [2.45, 2.75) is 13.3 Å². The molecule has 0 unspecified atom stereocenters. The Balaban J connectivity index is 2.41. The Morgan fingerprint density at radius 2 is 2.46 bits per heavy atom. The summed E-state index contributed by atoms with van der Waals surface area (Å²) < 4.78 is 0. The SMILES string of the molecule is Cc1nccc(NCCC(N)=O)n1. The molecule has 1 amide bonds. The lowest BCUT2D eigenvalue weighted by Crippen LogP contribution is -2.16. The van der Waals surface area contributed by atoms with Crippen LogP contribution in [0.1, 0.15) is 12.2 Å². The van der Waals surface area contributed by atoms with Crippen molar-refractivity contribution in [3.63, 3.8) is 0 Å². The smallest absolute Gasteiger partial charge is 0.219 e. The number of hydrogen-bond acceptors (Lipinski definition) is 4. The molecule has 13 heavy (non-hydrogen) atoms. The summed E-state index contributed by atoms with van der Waals surface area (Å²) >= 11 is 0. The maximum atomic E-state index is 10.4. The zero-order valence-corrected chi connectivity index (χ0v) is 7.45. The van der Waals surface area contributed by atoms with Crippen LogP contribution in [0.25, 0.3) is 0 Å². The molecular weight excluding hydrogens is 168 g/mol. The fourth-order valence-electron chi connectivity index (χ4n) is 0.868. The van der Waals surface area contributed by atoms with E-state index in [1.54, 1.807) is 19.2 Å². The summed E-state index contributed by atoms with van der Waals surface area (Å²) in [6, 6.07) is 1.74. The van der Waals surface area contributed by atoms with Crippen molar-refractivity contribution in [1.29, 1.82) is 0 Å². The lowest BCUT2D eigenvalue weighted by atomic mass is 10.4. The quantitative estimate of drug-likeness (QED) is 0.687. The minimum absolute atomic E-state index is 0.309. The molecule has 5 nitrogen and oxygen atoms in total. The van der Waals surface area contributed by atoms with Crippen molar-refractivity contribution < 1.29 is 4.79 Å². The average molecular weight is 180 g/mol. The van der Waals surface area contributed by atoms with E-state index in [2.05, 4.69) is 15.3 Å². The van der Waals surface area contributed by atoms with Gasteiger partial charge in [-0.1, -0.05) is 0 Å². The molecule has 1 aromatic heterocycles. The van der Waals surface area contributed by atoms with Gasteiger partial charge in [-0.05, 0) is 13.0 Å². The van der Waals surface area contributed by atoms with Gasteiger partial charge in [0.15, 0.2) is 0 Å². The van der Waals surface area contributed by atoms with Crippen LogP contribution >= 0.6 is 0 Å². The molecule has 0 bridgehead atoms. The fourth-order valence-corrected chi connectivity index (χ4v) is 0.868. The molecule has 1 aromatic rings. The molecule has 0 fully saturated rings. The van der Waals surface area contributed by atoms with Crippen molar-refractivity contribution in [2.24, 2.45) is 5.73 Å². The molecule has 3 N–H and O–H groups in total. The molecule has 0 spiro atoms. The predicted molar refractivity (Wildman–Crippen MR) is 49.1 cm³/mol. The van der Waals surface area contributed by atoms with Crippen LogP contribution < -0.4 is 11.1 Å². The highest BCUT2D eigenvalue weighted by atomic mass is 16.1. The highest BCUT2D eigenvalue weighted by molar-refractivity contribution is 5.74. The summed E-state index contributed by atoms with van der Waals surface area (Å²) in [4.78, 5) is 18.4. The maximum absolute atomic E-state index is 10.4. The van der Waals surface area contributed by atoms with Gasteiger partial charge in [0.25, 0.3) is 0 Å². The van der Waals surface area contributed by atoms with Crippen LogP contribution in [-0.4, -0.2) is 22.4 Å². The average Bonchev–Trinajstić information content (AvgIpc) is 2.03. The number of aromatic nitrogens is 2. The normalized spacial score (nSPS) is 9.62. The number of nitrogens with one attached hydrogen (secondary N) is 1. The van der Waals surface area contributed by atoms with Crippen LogP contribution in [0.5, 0.6) is 0 Å². The van der Waals surface area contributed by atoms with Crippen LogP contribution in [0.3, 0.4) is 0 Å². The largest absolute Gasteiger partial charge is 0.370 e. The highest BCUT2D eigenvalue weighted by Crippen LogP contribution is 2.00. The number of nitrogens with two attached hydrogens (primary N) is 1. The minimum atomic E-state index is -0.321. The molecule has 0 atom stereocenters. The predicted octanol–water partition coefficient (Wildman–Crippen LogP) is 0.0723. The second kappa shape index (κ2) is 4.39. The van der Waals surface area contributed by atoms with Crippen molar-refractivity contribution in [2.75, 3.05) is 11.9 Å². The molecule has 5 heteroatoms. The van der Waals surface area contributed by atoms with Gasteiger partial charge in [0.05, 0.1) is 0 Å². The third kappa shape index (κ3) is 3.50. The van der Waals surface area contributed by atoms with E-state index in [1.807, 2.05) is 0 Å². The number of anilines is 1. The molecule has 0 aliphatic heterocycles. The Bertz CT molecular complexity index is 300. The van der Waals surface area contributed by atoms with Crippen LogP contribution in [0.4, 0.5) is 5.82 Å². The summed E-state index contributed by atoms with van der Waals surface area (Å²) in [6.45, 7) is 2.31. The summed E-state index contributed by atoms with van der Waals surface area (Å²) in [5, 5.41) is 2.96. The molecule has 1 heterocycles. The number of aryl methyl sites for hydroxylation is 1. The minimum Gasteiger partial charge on any atom is -0.370 e. The standard InChI is InChI=1S/C8H12N4O/c1-6-10-5-3-8(12-6)11-4-2-7(9)13/h3,5H,2,4H2,1H3,(H2,9,13)(H,10,11,12). The van der Waals surface area contributed by atoms with E-state index in [1.165, 1.54) is 0 Å². The second-order valence-corrected chi connectivity index (χ2v) is 2.63. The third-order valence-corrected chi connectivity index (χ3v) is 1.45. The van der Waals surface area contributed by atoms with E-state index in [9.17, 15) is 4.79 Å². The zero-order chi connectivity index (χ0) is 9.68. The molecule has 0 radical (unpaired) electrons.